The van der Waals surface area contributed by atoms with E-state index in [1.165, 1.54) is 5.56 Å². The number of nitrogens with zero attached hydrogens (tertiary/aromatic N) is 3. The van der Waals surface area contributed by atoms with Crippen molar-refractivity contribution in [1.29, 1.82) is 0 Å². The second-order valence-electron chi connectivity index (χ2n) is 7.81. The first-order chi connectivity index (χ1) is 13.7. The fourth-order valence-electron chi connectivity index (χ4n) is 3.48. The first kappa shape index (κ1) is 21.2. The van der Waals surface area contributed by atoms with Crippen molar-refractivity contribution in [2.45, 2.75) is 63.9 Å². The van der Waals surface area contributed by atoms with Crippen LogP contribution in [0.1, 0.15) is 51.7 Å². The van der Waals surface area contributed by atoms with E-state index in [2.05, 4.69) is 35.6 Å². The molecule has 1 saturated heterocycles. The maximum Gasteiger partial charge on any atom is 0.283 e. The van der Waals surface area contributed by atoms with E-state index in [4.69, 9.17) is 4.99 Å². The molecule has 1 heterocycles. The number of likely N-dealkylation sites (tertiary alicyclic amines) is 1. The average molecular weight is 412 g/mol. The molecule has 29 heavy (non-hydrogen) atoms. The Labute approximate surface area is 174 Å². The highest BCUT2D eigenvalue weighted by Gasteiger charge is 2.45. The van der Waals surface area contributed by atoms with E-state index < -0.39 is 10.0 Å². The summed E-state index contributed by atoms with van der Waals surface area (Å²) < 4.78 is 30.2. The number of aryl methyl sites for hydroxylation is 1. The highest BCUT2D eigenvalue weighted by Crippen LogP contribution is 2.36. The van der Waals surface area contributed by atoms with Gasteiger partial charge in [0.05, 0.1) is 4.90 Å². The molecule has 2 aromatic rings. The number of aliphatic imine (C=N–C) groups is 1. The summed E-state index contributed by atoms with van der Waals surface area (Å²) in [6.45, 7) is 10.2. The molecule has 0 radical (unpaired) electrons. The van der Waals surface area contributed by atoms with Crippen LogP contribution in [0.5, 0.6) is 0 Å². The van der Waals surface area contributed by atoms with Gasteiger partial charge in [0.2, 0.25) is 0 Å². The van der Waals surface area contributed by atoms with Crippen LogP contribution < -0.4 is 0 Å². The van der Waals surface area contributed by atoms with Gasteiger partial charge in [-0.2, -0.15) is 8.42 Å². The third-order valence-electron chi connectivity index (χ3n) is 4.89. The van der Waals surface area contributed by atoms with E-state index in [-0.39, 0.29) is 22.9 Å². The number of rotatable bonds is 6. The Morgan fingerprint density at radius 3 is 2.07 bits per heavy atom. The molecule has 0 aromatic heterocycles. The molecule has 0 N–H and O–H groups in total. The lowest BCUT2D eigenvalue weighted by atomic mass is 9.86. The van der Waals surface area contributed by atoms with Gasteiger partial charge in [-0.3, -0.25) is 4.99 Å². The SMILES string of the molecule is CCc1ccc(C2C(=NC(C)C)N(C(C)C)/C2=N/S(=O)(=O)c2ccccc2)cc1. The lowest BCUT2D eigenvalue weighted by Crippen LogP contribution is -2.59. The first-order valence-corrected chi connectivity index (χ1v) is 11.5. The quantitative estimate of drug-likeness (QED) is 0.695. The Bertz CT molecular complexity index is 1010. The van der Waals surface area contributed by atoms with Crippen LogP contribution in [-0.4, -0.2) is 37.1 Å². The first-order valence-electron chi connectivity index (χ1n) is 10.1. The van der Waals surface area contributed by atoms with Crippen molar-refractivity contribution in [1.82, 2.24) is 4.90 Å². The molecule has 0 spiro atoms. The van der Waals surface area contributed by atoms with E-state index in [0.29, 0.717) is 5.84 Å². The third-order valence-corrected chi connectivity index (χ3v) is 6.19. The van der Waals surface area contributed by atoms with Gasteiger partial charge in [0.25, 0.3) is 10.0 Å². The maximum absolute atomic E-state index is 13.0. The second-order valence-corrected chi connectivity index (χ2v) is 9.41. The van der Waals surface area contributed by atoms with Crippen molar-refractivity contribution in [3.05, 3.63) is 65.7 Å². The number of benzene rings is 2. The van der Waals surface area contributed by atoms with Crippen molar-refractivity contribution < 1.29 is 8.42 Å². The van der Waals surface area contributed by atoms with Crippen LogP contribution in [0.3, 0.4) is 0 Å². The molecule has 1 fully saturated rings. The van der Waals surface area contributed by atoms with E-state index in [1.54, 1.807) is 30.3 Å². The molecule has 0 aliphatic carbocycles. The zero-order valence-corrected chi connectivity index (χ0v) is 18.5. The molecule has 1 atom stereocenters. The largest absolute Gasteiger partial charge is 0.313 e. The van der Waals surface area contributed by atoms with Gasteiger partial charge in [0.15, 0.2) is 0 Å². The van der Waals surface area contributed by atoms with Crippen molar-refractivity contribution in [2.24, 2.45) is 9.39 Å². The minimum absolute atomic E-state index is 0.0587. The number of sulfonamides is 1. The minimum Gasteiger partial charge on any atom is -0.313 e. The monoisotopic (exact) mass is 411 g/mol. The smallest absolute Gasteiger partial charge is 0.283 e. The summed E-state index contributed by atoms with van der Waals surface area (Å²) in [5, 5.41) is 0. The minimum atomic E-state index is -3.80. The third kappa shape index (κ3) is 4.42. The standard InChI is InChI=1S/C23H29N3O2S/c1-6-18-12-14-19(15-13-18)21-22(24-16(2)3)26(17(4)5)23(21)25-29(27,28)20-10-8-7-9-11-20/h7-17,21H,6H2,1-5H3/b24-22?,25-23+. The fourth-order valence-corrected chi connectivity index (χ4v) is 4.53. The molecule has 2 aromatic carbocycles. The Hall–Kier alpha value is -2.47. The number of hydrogen-bond donors (Lipinski definition) is 0. The lowest BCUT2D eigenvalue weighted by molar-refractivity contribution is 0.438. The van der Waals surface area contributed by atoms with Crippen LogP contribution in [0.2, 0.25) is 0 Å². The van der Waals surface area contributed by atoms with Gasteiger partial charge in [-0.25, -0.2) is 0 Å². The van der Waals surface area contributed by atoms with Gasteiger partial charge < -0.3 is 4.90 Å². The summed E-state index contributed by atoms with van der Waals surface area (Å²) in [5.74, 6) is 1.16. The summed E-state index contributed by atoms with van der Waals surface area (Å²) in [6, 6.07) is 16.8. The lowest BCUT2D eigenvalue weighted by Gasteiger charge is -2.46. The Morgan fingerprint density at radius 2 is 1.55 bits per heavy atom. The van der Waals surface area contributed by atoms with Crippen LogP contribution in [0.4, 0.5) is 0 Å². The van der Waals surface area contributed by atoms with E-state index >= 15 is 0 Å². The predicted octanol–water partition coefficient (Wildman–Crippen LogP) is 4.65. The van der Waals surface area contributed by atoms with Crippen LogP contribution >= 0.6 is 0 Å². The molecular weight excluding hydrogens is 382 g/mol. The van der Waals surface area contributed by atoms with Gasteiger partial charge in [-0.05, 0) is 57.4 Å². The van der Waals surface area contributed by atoms with Crippen LogP contribution in [0.25, 0.3) is 0 Å². The van der Waals surface area contributed by atoms with Crippen molar-refractivity contribution in [2.75, 3.05) is 0 Å². The molecule has 0 bridgehead atoms. The topological polar surface area (TPSA) is 62.1 Å². The van der Waals surface area contributed by atoms with Crippen molar-refractivity contribution >= 4 is 21.7 Å². The summed E-state index contributed by atoms with van der Waals surface area (Å²) in [5.41, 5.74) is 2.26. The molecule has 0 saturated carbocycles. The molecule has 1 aliphatic rings. The average Bonchev–Trinajstić information content (AvgIpc) is 2.67. The van der Waals surface area contributed by atoms with E-state index in [0.717, 1.165) is 17.8 Å². The summed E-state index contributed by atoms with van der Waals surface area (Å²) in [6.07, 6.45) is 0.958. The second kappa shape index (κ2) is 8.49. The highest BCUT2D eigenvalue weighted by atomic mass is 32.2. The maximum atomic E-state index is 13.0. The van der Waals surface area contributed by atoms with Crippen LogP contribution in [-0.2, 0) is 16.4 Å². The normalized spacial score (nSPS) is 20.0. The summed E-state index contributed by atoms with van der Waals surface area (Å²) in [7, 11) is -3.80. The van der Waals surface area contributed by atoms with Crippen LogP contribution in [0, 0.1) is 0 Å². The zero-order chi connectivity index (χ0) is 21.2. The van der Waals surface area contributed by atoms with Gasteiger partial charge in [-0.15, -0.1) is 4.40 Å². The van der Waals surface area contributed by atoms with E-state index in [1.807, 2.05) is 32.6 Å². The molecule has 3 rings (SSSR count). The Morgan fingerprint density at radius 1 is 0.931 bits per heavy atom. The molecule has 6 heteroatoms. The van der Waals surface area contributed by atoms with Gasteiger partial charge in [-0.1, -0.05) is 49.4 Å². The van der Waals surface area contributed by atoms with Gasteiger partial charge in [0.1, 0.15) is 17.6 Å². The molecular formula is C23H29N3O2S. The van der Waals surface area contributed by atoms with Crippen molar-refractivity contribution in [3.63, 3.8) is 0 Å². The highest BCUT2D eigenvalue weighted by molar-refractivity contribution is 7.90. The molecule has 154 valence electrons. The van der Waals surface area contributed by atoms with Crippen molar-refractivity contribution in [3.8, 4) is 0 Å². The number of amidine groups is 2. The molecule has 0 amide bonds. The molecule has 1 aliphatic heterocycles. The summed E-state index contributed by atoms with van der Waals surface area (Å²) in [4.78, 5) is 6.95. The molecule has 5 nitrogen and oxygen atoms in total. The predicted molar refractivity (Wildman–Crippen MR) is 119 cm³/mol. The Kier molecular flexibility index (Phi) is 6.22. The van der Waals surface area contributed by atoms with Crippen LogP contribution in [0.15, 0.2) is 68.9 Å². The van der Waals surface area contributed by atoms with Gasteiger partial charge >= 0.3 is 0 Å². The van der Waals surface area contributed by atoms with Gasteiger partial charge in [0, 0.05) is 12.1 Å². The Balaban J connectivity index is 2.12. The van der Waals surface area contributed by atoms with E-state index in [9.17, 15) is 8.42 Å². The molecule has 1 unspecified atom stereocenters. The summed E-state index contributed by atoms with van der Waals surface area (Å²) >= 11 is 0. The zero-order valence-electron chi connectivity index (χ0n) is 17.7. The number of hydrogen-bond acceptors (Lipinski definition) is 3. The fraction of sp³-hybridized carbons (Fsp3) is 0.391.